The minimum atomic E-state index is 0.699. The molecule has 0 aliphatic carbocycles. The van der Waals surface area contributed by atoms with Crippen LogP contribution in [0.3, 0.4) is 0 Å². The maximum absolute atomic E-state index is 5.54. The van der Waals surface area contributed by atoms with Gasteiger partial charge in [-0.05, 0) is 30.7 Å². The highest BCUT2D eigenvalue weighted by Gasteiger charge is 2.23. The molecule has 2 aliphatic rings. The van der Waals surface area contributed by atoms with Gasteiger partial charge in [-0.15, -0.1) is 0 Å². The number of ether oxygens (including phenoxy) is 2. The van der Waals surface area contributed by atoms with Gasteiger partial charge in [0.05, 0.1) is 26.0 Å². The molecule has 2 aromatic heterocycles. The van der Waals surface area contributed by atoms with Crippen molar-refractivity contribution in [2.75, 3.05) is 74.3 Å². The molecule has 172 valence electrons. The van der Waals surface area contributed by atoms with Crippen molar-refractivity contribution >= 4 is 17.6 Å². The van der Waals surface area contributed by atoms with Gasteiger partial charge >= 0.3 is 0 Å². The van der Waals surface area contributed by atoms with E-state index >= 15 is 0 Å². The van der Waals surface area contributed by atoms with E-state index < -0.39 is 0 Å². The molecule has 0 radical (unpaired) electrons. The lowest BCUT2D eigenvalue weighted by molar-refractivity contribution is 0.122. The largest absolute Gasteiger partial charge is 0.497 e. The average molecular weight is 447 g/mol. The Kier molecular flexibility index (Phi) is 6.26. The molecule has 0 N–H and O–H groups in total. The second-order valence-electron chi connectivity index (χ2n) is 8.36. The molecule has 0 amide bonds. The second kappa shape index (κ2) is 9.62. The molecule has 8 nitrogen and oxygen atoms in total. The van der Waals surface area contributed by atoms with Crippen LogP contribution in [0.4, 0.5) is 17.6 Å². The van der Waals surface area contributed by atoms with Crippen LogP contribution < -0.4 is 19.4 Å². The third-order valence-corrected chi connectivity index (χ3v) is 6.25. The second-order valence-corrected chi connectivity index (χ2v) is 8.36. The van der Waals surface area contributed by atoms with E-state index in [4.69, 9.17) is 19.4 Å². The number of rotatable bonds is 5. The van der Waals surface area contributed by atoms with E-state index in [-0.39, 0.29) is 0 Å². The van der Waals surface area contributed by atoms with Crippen LogP contribution in [-0.4, -0.2) is 74.5 Å². The Balaban J connectivity index is 1.43. The molecular weight excluding hydrogens is 416 g/mol. The molecular formula is C25H30N6O2. The molecule has 2 saturated heterocycles. The van der Waals surface area contributed by atoms with Gasteiger partial charge in [0.2, 0.25) is 5.95 Å². The van der Waals surface area contributed by atoms with E-state index in [9.17, 15) is 0 Å². The molecule has 0 atom stereocenters. The fourth-order valence-electron chi connectivity index (χ4n) is 4.37. The summed E-state index contributed by atoms with van der Waals surface area (Å²) in [5.74, 6) is 3.61. The summed E-state index contributed by atoms with van der Waals surface area (Å²) in [7, 11) is 1.69. The van der Waals surface area contributed by atoms with Crippen molar-refractivity contribution in [3.8, 4) is 17.0 Å². The number of anilines is 3. The van der Waals surface area contributed by atoms with E-state index in [1.807, 2.05) is 30.5 Å². The Morgan fingerprint density at radius 1 is 0.848 bits per heavy atom. The minimum absolute atomic E-state index is 0.699. The summed E-state index contributed by atoms with van der Waals surface area (Å²) in [6, 6.07) is 14.2. The summed E-state index contributed by atoms with van der Waals surface area (Å²) < 4.78 is 11.0. The zero-order valence-electron chi connectivity index (χ0n) is 19.3. The Bertz CT molecular complexity index is 1090. The average Bonchev–Trinajstić information content (AvgIpc) is 2.89. The standard InChI is InChI=1S/C25H30N6O2/c1-19-5-4-8-26-24(19)30-11-9-29(10-12-30)23-18-22(20-6-3-7-21(17-20)32-2)27-25(28-23)31-13-15-33-16-14-31/h3-8,17-18H,9-16H2,1-2H3. The van der Waals surface area contributed by atoms with Crippen molar-refractivity contribution in [3.63, 3.8) is 0 Å². The fraction of sp³-hybridized carbons (Fsp3) is 0.400. The van der Waals surface area contributed by atoms with Crippen LogP contribution in [0.15, 0.2) is 48.7 Å². The van der Waals surface area contributed by atoms with E-state index in [1.54, 1.807) is 7.11 Å². The zero-order chi connectivity index (χ0) is 22.6. The first-order valence-electron chi connectivity index (χ1n) is 11.5. The fourth-order valence-corrected chi connectivity index (χ4v) is 4.37. The zero-order valence-corrected chi connectivity index (χ0v) is 19.3. The van der Waals surface area contributed by atoms with Crippen molar-refractivity contribution in [1.82, 2.24) is 15.0 Å². The lowest BCUT2D eigenvalue weighted by Crippen LogP contribution is -2.47. The van der Waals surface area contributed by atoms with Gasteiger partial charge in [0.25, 0.3) is 0 Å². The van der Waals surface area contributed by atoms with Crippen LogP contribution in [-0.2, 0) is 4.74 Å². The molecule has 33 heavy (non-hydrogen) atoms. The van der Waals surface area contributed by atoms with Gasteiger partial charge in [-0.3, -0.25) is 0 Å². The molecule has 4 heterocycles. The van der Waals surface area contributed by atoms with E-state index in [2.05, 4.69) is 44.8 Å². The van der Waals surface area contributed by atoms with Crippen molar-refractivity contribution in [1.29, 1.82) is 0 Å². The van der Waals surface area contributed by atoms with Crippen molar-refractivity contribution < 1.29 is 9.47 Å². The molecule has 0 spiro atoms. The maximum atomic E-state index is 5.54. The highest BCUT2D eigenvalue weighted by molar-refractivity contribution is 5.67. The number of aromatic nitrogens is 3. The molecule has 2 aliphatic heterocycles. The molecule has 0 bridgehead atoms. The summed E-state index contributed by atoms with van der Waals surface area (Å²) >= 11 is 0. The first-order valence-corrected chi connectivity index (χ1v) is 11.5. The third-order valence-electron chi connectivity index (χ3n) is 6.25. The monoisotopic (exact) mass is 446 g/mol. The molecule has 3 aromatic rings. The third kappa shape index (κ3) is 4.71. The first-order chi connectivity index (χ1) is 16.2. The van der Waals surface area contributed by atoms with Crippen LogP contribution >= 0.6 is 0 Å². The van der Waals surface area contributed by atoms with Crippen molar-refractivity contribution in [2.24, 2.45) is 0 Å². The van der Waals surface area contributed by atoms with Crippen LogP contribution in [0.1, 0.15) is 5.56 Å². The Morgan fingerprint density at radius 2 is 1.64 bits per heavy atom. The summed E-state index contributed by atoms with van der Waals surface area (Å²) in [4.78, 5) is 21.4. The van der Waals surface area contributed by atoms with E-state index in [0.717, 1.165) is 73.9 Å². The van der Waals surface area contributed by atoms with Gasteiger partial charge < -0.3 is 24.2 Å². The van der Waals surface area contributed by atoms with Gasteiger partial charge in [0.1, 0.15) is 17.4 Å². The summed E-state index contributed by atoms with van der Waals surface area (Å²) in [6.07, 6.45) is 1.87. The van der Waals surface area contributed by atoms with Gasteiger partial charge in [0.15, 0.2) is 0 Å². The van der Waals surface area contributed by atoms with Crippen molar-refractivity contribution in [3.05, 3.63) is 54.2 Å². The quantitative estimate of drug-likeness (QED) is 0.593. The summed E-state index contributed by atoms with van der Waals surface area (Å²) in [6.45, 7) is 8.69. The van der Waals surface area contributed by atoms with Gasteiger partial charge in [-0.1, -0.05) is 18.2 Å². The maximum Gasteiger partial charge on any atom is 0.228 e. The molecule has 5 rings (SSSR count). The Morgan fingerprint density at radius 3 is 2.39 bits per heavy atom. The number of hydrogen-bond acceptors (Lipinski definition) is 8. The number of piperazine rings is 1. The summed E-state index contributed by atoms with van der Waals surface area (Å²) in [5, 5.41) is 0. The van der Waals surface area contributed by atoms with E-state index in [0.29, 0.717) is 13.2 Å². The van der Waals surface area contributed by atoms with Gasteiger partial charge in [-0.25, -0.2) is 9.97 Å². The van der Waals surface area contributed by atoms with Crippen LogP contribution in [0.25, 0.3) is 11.3 Å². The first kappa shape index (κ1) is 21.5. The minimum Gasteiger partial charge on any atom is -0.497 e. The SMILES string of the molecule is COc1cccc(-c2cc(N3CCN(c4ncccc4C)CC3)nc(N3CCOCC3)n2)c1. The summed E-state index contributed by atoms with van der Waals surface area (Å²) in [5.41, 5.74) is 3.14. The molecule has 0 unspecified atom stereocenters. The van der Waals surface area contributed by atoms with Crippen LogP contribution in [0.2, 0.25) is 0 Å². The lowest BCUT2D eigenvalue weighted by atomic mass is 10.1. The normalized spacial score (nSPS) is 16.7. The van der Waals surface area contributed by atoms with Gasteiger partial charge in [-0.2, -0.15) is 4.98 Å². The number of methoxy groups -OCH3 is 1. The number of pyridine rings is 1. The smallest absolute Gasteiger partial charge is 0.228 e. The Labute approximate surface area is 194 Å². The number of nitrogens with zero attached hydrogens (tertiary/aromatic N) is 6. The van der Waals surface area contributed by atoms with Crippen LogP contribution in [0, 0.1) is 6.92 Å². The van der Waals surface area contributed by atoms with Gasteiger partial charge in [0, 0.05) is 57.1 Å². The number of morpholine rings is 1. The number of aryl methyl sites for hydroxylation is 1. The topological polar surface area (TPSA) is 66.9 Å². The van der Waals surface area contributed by atoms with Crippen LogP contribution in [0.5, 0.6) is 5.75 Å². The molecule has 2 fully saturated rings. The predicted octanol–water partition coefficient (Wildman–Crippen LogP) is 3.02. The number of hydrogen-bond donors (Lipinski definition) is 0. The Hall–Kier alpha value is -3.39. The predicted molar refractivity (Wildman–Crippen MR) is 130 cm³/mol. The lowest BCUT2D eigenvalue weighted by Gasteiger charge is -2.37. The van der Waals surface area contributed by atoms with E-state index in [1.165, 1.54) is 5.56 Å². The number of benzene rings is 1. The molecule has 0 saturated carbocycles. The van der Waals surface area contributed by atoms with Crippen molar-refractivity contribution in [2.45, 2.75) is 6.92 Å². The molecule has 8 heteroatoms. The molecule has 1 aromatic carbocycles. The highest BCUT2D eigenvalue weighted by Crippen LogP contribution is 2.29. The highest BCUT2D eigenvalue weighted by atomic mass is 16.5.